The van der Waals surface area contributed by atoms with E-state index in [4.69, 9.17) is 19.7 Å². The van der Waals surface area contributed by atoms with Crippen molar-refractivity contribution in [2.75, 3.05) is 24.7 Å². The molecule has 0 saturated carbocycles. The van der Waals surface area contributed by atoms with E-state index >= 15 is 0 Å². The quantitative estimate of drug-likeness (QED) is 0.510. The average molecular weight is 409 g/mol. The third-order valence-corrected chi connectivity index (χ3v) is 6.08. The van der Waals surface area contributed by atoms with Crippen LogP contribution in [-0.4, -0.2) is 35.9 Å². The fraction of sp³-hybridized carbons (Fsp3) is 0.238. The van der Waals surface area contributed by atoms with Crippen molar-refractivity contribution < 1.29 is 19.5 Å². The zero-order valence-corrected chi connectivity index (χ0v) is 16.4. The monoisotopic (exact) mass is 409 g/mol. The molecule has 0 saturated heterocycles. The molecule has 2 aliphatic heterocycles. The number of hydrogen-bond acceptors (Lipinski definition) is 7. The van der Waals surface area contributed by atoms with Crippen LogP contribution < -0.4 is 19.9 Å². The van der Waals surface area contributed by atoms with E-state index in [0.717, 1.165) is 53.0 Å². The topological polar surface area (TPSA) is 83.9 Å². The number of aromatic nitrogens is 1. The fourth-order valence-corrected chi connectivity index (χ4v) is 4.53. The van der Waals surface area contributed by atoms with Gasteiger partial charge in [-0.2, -0.15) is 0 Å². The van der Waals surface area contributed by atoms with Gasteiger partial charge in [-0.25, -0.2) is 10.5 Å². The molecule has 3 heterocycles. The second-order valence-electron chi connectivity index (χ2n) is 6.97. The number of amides is 1. The number of anilines is 1. The number of benzene rings is 2. The van der Waals surface area contributed by atoms with E-state index in [9.17, 15) is 4.79 Å². The first-order valence-corrected chi connectivity index (χ1v) is 10.3. The van der Waals surface area contributed by atoms with Crippen molar-refractivity contribution in [1.29, 1.82) is 0 Å². The molecule has 148 valence electrons. The van der Waals surface area contributed by atoms with Crippen LogP contribution in [0.1, 0.15) is 21.5 Å². The van der Waals surface area contributed by atoms with Crippen molar-refractivity contribution in [2.24, 2.45) is 0 Å². The predicted molar refractivity (Wildman–Crippen MR) is 109 cm³/mol. The summed E-state index contributed by atoms with van der Waals surface area (Å²) in [5, 5.41) is 11.8. The van der Waals surface area contributed by atoms with Gasteiger partial charge >= 0.3 is 0 Å². The number of fused-ring (bicyclic) bond motifs is 2. The summed E-state index contributed by atoms with van der Waals surface area (Å²) in [6.45, 7) is 2.71. The molecule has 2 aromatic carbocycles. The molecule has 2 aliphatic rings. The molecular weight excluding hydrogens is 390 g/mol. The van der Waals surface area contributed by atoms with E-state index in [0.29, 0.717) is 18.8 Å². The molecule has 5 rings (SSSR count). The molecule has 7 nitrogen and oxygen atoms in total. The van der Waals surface area contributed by atoms with Crippen LogP contribution in [0.3, 0.4) is 0 Å². The van der Waals surface area contributed by atoms with Gasteiger partial charge in [-0.3, -0.25) is 10.0 Å². The Morgan fingerprint density at radius 1 is 1.10 bits per heavy atom. The smallest absolute Gasteiger partial charge is 0.274 e. The minimum atomic E-state index is -0.487. The number of hydroxylamine groups is 1. The number of ether oxygens (including phenoxy) is 2. The SMILES string of the molecule is O=C(NO)c1ccc2c(c1)CCN(c1nc(-c3ccc4c(c3)OCCO4)cs1)C2. The van der Waals surface area contributed by atoms with Crippen LogP contribution in [0.25, 0.3) is 11.3 Å². The van der Waals surface area contributed by atoms with Crippen molar-refractivity contribution in [3.8, 4) is 22.8 Å². The Hall–Kier alpha value is -3.10. The highest BCUT2D eigenvalue weighted by Gasteiger charge is 2.21. The van der Waals surface area contributed by atoms with Gasteiger partial charge in [0.2, 0.25) is 0 Å². The molecule has 0 unspecified atom stereocenters. The Labute approximate surface area is 171 Å². The van der Waals surface area contributed by atoms with E-state index in [1.807, 2.05) is 30.3 Å². The summed E-state index contributed by atoms with van der Waals surface area (Å²) in [6, 6.07) is 11.4. The number of nitrogens with zero attached hydrogens (tertiary/aromatic N) is 2. The van der Waals surface area contributed by atoms with Gasteiger partial charge in [0, 0.05) is 29.6 Å². The summed E-state index contributed by atoms with van der Waals surface area (Å²) in [4.78, 5) is 18.7. The highest BCUT2D eigenvalue weighted by Crippen LogP contribution is 2.36. The van der Waals surface area contributed by atoms with Crippen LogP contribution in [0.4, 0.5) is 5.13 Å². The Bertz CT molecular complexity index is 1080. The molecule has 3 aromatic rings. The molecule has 8 heteroatoms. The first kappa shape index (κ1) is 18.0. The zero-order chi connectivity index (χ0) is 19.8. The number of carbonyl (C=O) groups excluding carboxylic acids is 1. The second-order valence-corrected chi connectivity index (χ2v) is 7.81. The standard InChI is InChI=1S/C21H19N3O4S/c25-20(23-26)15-1-2-16-11-24(6-5-13(16)9-15)21-22-17(12-29-21)14-3-4-18-19(10-14)28-8-7-27-18/h1-4,9-10,12,26H,5-8,11H2,(H,23,25). The van der Waals surface area contributed by atoms with Gasteiger partial charge in [0.15, 0.2) is 16.6 Å². The van der Waals surface area contributed by atoms with E-state index < -0.39 is 5.91 Å². The molecule has 29 heavy (non-hydrogen) atoms. The lowest BCUT2D eigenvalue weighted by Crippen LogP contribution is -2.30. The van der Waals surface area contributed by atoms with Crippen LogP contribution in [0.2, 0.25) is 0 Å². The lowest BCUT2D eigenvalue weighted by Gasteiger charge is -2.28. The highest BCUT2D eigenvalue weighted by molar-refractivity contribution is 7.14. The van der Waals surface area contributed by atoms with Crippen molar-refractivity contribution in [1.82, 2.24) is 10.5 Å². The maximum Gasteiger partial charge on any atom is 0.274 e. The summed E-state index contributed by atoms with van der Waals surface area (Å²) < 4.78 is 11.3. The maximum atomic E-state index is 11.6. The number of rotatable bonds is 3. The first-order chi connectivity index (χ1) is 14.2. The molecule has 2 N–H and O–H groups in total. The highest BCUT2D eigenvalue weighted by atomic mass is 32.1. The van der Waals surface area contributed by atoms with Crippen LogP contribution >= 0.6 is 11.3 Å². The van der Waals surface area contributed by atoms with Gasteiger partial charge in [0.1, 0.15) is 13.2 Å². The third-order valence-electron chi connectivity index (χ3n) is 5.18. The van der Waals surface area contributed by atoms with Gasteiger partial charge in [-0.05, 0) is 47.9 Å². The molecule has 0 fully saturated rings. The summed E-state index contributed by atoms with van der Waals surface area (Å²) >= 11 is 1.62. The molecular formula is C21H19N3O4S. The Morgan fingerprint density at radius 3 is 2.83 bits per heavy atom. The Morgan fingerprint density at radius 2 is 1.97 bits per heavy atom. The van der Waals surface area contributed by atoms with E-state index in [-0.39, 0.29) is 0 Å². The number of thiazole rings is 1. The van der Waals surface area contributed by atoms with Gasteiger partial charge < -0.3 is 14.4 Å². The summed E-state index contributed by atoms with van der Waals surface area (Å²) in [5.41, 5.74) is 6.38. The largest absolute Gasteiger partial charge is 0.486 e. The van der Waals surface area contributed by atoms with Crippen molar-refractivity contribution >= 4 is 22.4 Å². The second kappa shape index (κ2) is 7.38. The number of hydrogen-bond donors (Lipinski definition) is 2. The number of carbonyl (C=O) groups is 1. The molecule has 1 aromatic heterocycles. The number of nitrogens with one attached hydrogen (secondary N) is 1. The van der Waals surface area contributed by atoms with Crippen LogP contribution in [0.15, 0.2) is 41.8 Å². The van der Waals surface area contributed by atoms with Crippen molar-refractivity contribution in [3.63, 3.8) is 0 Å². The summed E-state index contributed by atoms with van der Waals surface area (Å²) in [6.07, 6.45) is 0.820. The molecule has 0 spiro atoms. The van der Waals surface area contributed by atoms with Crippen molar-refractivity contribution in [3.05, 3.63) is 58.5 Å². The van der Waals surface area contributed by atoms with Gasteiger partial charge in [0.05, 0.1) is 5.69 Å². The molecule has 1 amide bonds. The lowest BCUT2D eigenvalue weighted by molar-refractivity contribution is 0.0706. The summed E-state index contributed by atoms with van der Waals surface area (Å²) in [5.74, 6) is 1.05. The van der Waals surface area contributed by atoms with E-state index in [1.165, 1.54) is 5.56 Å². The summed E-state index contributed by atoms with van der Waals surface area (Å²) in [7, 11) is 0. The first-order valence-electron chi connectivity index (χ1n) is 9.38. The van der Waals surface area contributed by atoms with Gasteiger partial charge in [-0.1, -0.05) is 6.07 Å². The minimum Gasteiger partial charge on any atom is -0.486 e. The molecule has 0 atom stereocenters. The van der Waals surface area contributed by atoms with Crippen LogP contribution in [0, 0.1) is 0 Å². The Kier molecular flexibility index (Phi) is 4.57. The zero-order valence-electron chi connectivity index (χ0n) is 15.6. The van der Waals surface area contributed by atoms with Gasteiger partial charge in [0.25, 0.3) is 5.91 Å². The normalized spacial score (nSPS) is 15.0. The maximum absolute atomic E-state index is 11.6. The molecule has 0 bridgehead atoms. The lowest BCUT2D eigenvalue weighted by atomic mass is 9.97. The van der Waals surface area contributed by atoms with Crippen LogP contribution in [0.5, 0.6) is 11.5 Å². The molecule has 0 aliphatic carbocycles. The van der Waals surface area contributed by atoms with Gasteiger partial charge in [-0.15, -0.1) is 11.3 Å². The van der Waals surface area contributed by atoms with E-state index in [1.54, 1.807) is 22.9 Å². The fourth-order valence-electron chi connectivity index (χ4n) is 3.67. The van der Waals surface area contributed by atoms with Crippen LogP contribution in [-0.2, 0) is 13.0 Å². The minimum absolute atomic E-state index is 0.467. The van der Waals surface area contributed by atoms with Crippen molar-refractivity contribution in [2.45, 2.75) is 13.0 Å². The third kappa shape index (κ3) is 3.41. The Balaban J connectivity index is 1.36. The van der Waals surface area contributed by atoms with E-state index in [2.05, 4.69) is 10.3 Å². The predicted octanol–water partition coefficient (Wildman–Crippen LogP) is 3.26. The average Bonchev–Trinajstić information content (AvgIpc) is 3.28. The molecule has 0 radical (unpaired) electrons.